The number of fused-ring (bicyclic) bond motifs is 1. The van der Waals surface area contributed by atoms with E-state index in [1.54, 1.807) is 22.9 Å². The normalized spacial score (nSPS) is 16.6. The number of halogens is 1. The zero-order chi connectivity index (χ0) is 18.7. The molecule has 3 rings (SSSR count). The Hall–Kier alpha value is -2.25. The molecule has 1 aliphatic carbocycles. The van der Waals surface area contributed by atoms with Crippen molar-refractivity contribution >= 4 is 5.91 Å². The van der Waals surface area contributed by atoms with Crippen LogP contribution in [0.3, 0.4) is 0 Å². The van der Waals surface area contributed by atoms with Gasteiger partial charge in [-0.05, 0) is 32.4 Å². The number of hydrogen-bond donors (Lipinski definition) is 2. The highest BCUT2D eigenvalue weighted by molar-refractivity contribution is 5.94. The monoisotopic (exact) mass is 360 g/mol. The van der Waals surface area contributed by atoms with Crippen LogP contribution in [0.2, 0.25) is 0 Å². The highest BCUT2D eigenvalue weighted by Crippen LogP contribution is 2.26. The Morgan fingerprint density at radius 1 is 1.46 bits per heavy atom. The number of rotatable bonds is 6. The van der Waals surface area contributed by atoms with E-state index >= 15 is 0 Å². The maximum Gasteiger partial charge on any atom is 0.272 e. The number of benzene rings is 1. The highest BCUT2D eigenvalue weighted by atomic mass is 19.1. The quantitative estimate of drug-likeness (QED) is 0.814. The molecule has 7 heteroatoms. The van der Waals surface area contributed by atoms with Crippen LogP contribution in [0.25, 0.3) is 0 Å². The molecule has 0 spiro atoms. The first-order chi connectivity index (χ1) is 12.5. The van der Waals surface area contributed by atoms with Crippen LogP contribution in [0.1, 0.15) is 33.7 Å². The number of carbonyl (C=O) groups is 1. The lowest BCUT2D eigenvalue weighted by Crippen LogP contribution is -2.38. The molecule has 1 heterocycles. The first-order valence-electron chi connectivity index (χ1n) is 8.88. The molecule has 2 aromatic rings. The van der Waals surface area contributed by atoms with E-state index in [0.717, 1.165) is 30.5 Å². The van der Waals surface area contributed by atoms with E-state index in [4.69, 9.17) is 5.11 Å². The molecule has 1 aliphatic rings. The van der Waals surface area contributed by atoms with E-state index in [0.29, 0.717) is 17.8 Å². The average molecular weight is 360 g/mol. The Bertz CT molecular complexity index is 790. The largest absolute Gasteiger partial charge is 0.395 e. The van der Waals surface area contributed by atoms with Crippen molar-refractivity contribution in [1.29, 1.82) is 0 Å². The van der Waals surface area contributed by atoms with E-state index in [-0.39, 0.29) is 30.9 Å². The fraction of sp³-hybridized carbons (Fsp3) is 0.474. The Morgan fingerprint density at radius 2 is 2.23 bits per heavy atom. The molecule has 6 nitrogen and oxygen atoms in total. The lowest BCUT2D eigenvalue weighted by atomic mass is 9.90. The summed E-state index contributed by atoms with van der Waals surface area (Å²) in [5.74, 6) is -0.614. The summed E-state index contributed by atoms with van der Waals surface area (Å²) in [5.41, 5.74) is 2.90. The van der Waals surface area contributed by atoms with Gasteiger partial charge in [0, 0.05) is 43.0 Å². The minimum absolute atomic E-state index is 0.114. The van der Waals surface area contributed by atoms with Gasteiger partial charge in [-0.3, -0.25) is 9.48 Å². The number of nitrogens with one attached hydrogen (secondary N) is 1. The number of aliphatic hydroxyl groups excluding tert-OH is 1. The Balaban J connectivity index is 1.75. The van der Waals surface area contributed by atoms with Gasteiger partial charge in [-0.25, -0.2) is 4.39 Å². The molecular weight excluding hydrogens is 335 g/mol. The fourth-order valence-electron chi connectivity index (χ4n) is 3.57. The number of hydrogen-bond acceptors (Lipinski definition) is 4. The van der Waals surface area contributed by atoms with Gasteiger partial charge in [0.15, 0.2) is 5.69 Å². The topological polar surface area (TPSA) is 70.4 Å². The maximum atomic E-state index is 13.7. The first kappa shape index (κ1) is 18.5. The predicted molar refractivity (Wildman–Crippen MR) is 96.3 cm³/mol. The number of nitrogens with zero attached hydrogens (tertiary/aromatic N) is 3. The fourth-order valence-corrected chi connectivity index (χ4v) is 3.57. The van der Waals surface area contributed by atoms with Crippen molar-refractivity contribution in [2.45, 2.75) is 31.8 Å². The summed E-state index contributed by atoms with van der Waals surface area (Å²) >= 11 is 0. The van der Waals surface area contributed by atoms with Crippen molar-refractivity contribution in [1.82, 2.24) is 20.0 Å². The number of likely N-dealkylation sites (N-methyl/N-ethyl adjacent to an activating group) is 1. The van der Waals surface area contributed by atoms with Gasteiger partial charge in [0.05, 0.1) is 6.61 Å². The molecule has 1 aromatic carbocycles. The minimum atomic E-state index is -0.332. The third-order valence-corrected chi connectivity index (χ3v) is 5.12. The summed E-state index contributed by atoms with van der Waals surface area (Å²) in [5, 5.41) is 16.3. The molecule has 0 bridgehead atoms. The van der Waals surface area contributed by atoms with Crippen molar-refractivity contribution in [2.24, 2.45) is 7.05 Å². The van der Waals surface area contributed by atoms with E-state index in [1.807, 2.05) is 14.1 Å². The minimum Gasteiger partial charge on any atom is -0.395 e. The van der Waals surface area contributed by atoms with E-state index < -0.39 is 0 Å². The van der Waals surface area contributed by atoms with Gasteiger partial charge in [-0.15, -0.1) is 0 Å². The molecule has 1 amide bonds. The van der Waals surface area contributed by atoms with Gasteiger partial charge in [-0.1, -0.05) is 18.2 Å². The molecular formula is C19H25FN4O2. The highest BCUT2D eigenvalue weighted by Gasteiger charge is 2.29. The van der Waals surface area contributed by atoms with Crippen LogP contribution in [0, 0.1) is 5.82 Å². The molecule has 0 fully saturated rings. The summed E-state index contributed by atoms with van der Waals surface area (Å²) in [7, 11) is 3.84. The predicted octanol–water partition coefficient (Wildman–Crippen LogP) is 1.27. The number of carbonyl (C=O) groups excluding carboxylic acids is 1. The third kappa shape index (κ3) is 3.78. The second kappa shape index (κ2) is 7.97. The van der Waals surface area contributed by atoms with Gasteiger partial charge in [0.25, 0.3) is 5.91 Å². The van der Waals surface area contributed by atoms with E-state index in [2.05, 4.69) is 15.3 Å². The standard InChI is InChI=1S/C19H25FN4O2/c1-23(9-10-25)14-7-8-17-15(11-14)18(22-24(17)2)19(26)21-12-13-5-3-4-6-16(13)20/h3-6,14,25H,7-12H2,1-2H3,(H,21,26). The molecule has 2 N–H and O–H groups in total. The second-order valence-electron chi connectivity index (χ2n) is 6.77. The van der Waals surface area contributed by atoms with Gasteiger partial charge in [0.2, 0.25) is 0 Å². The molecule has 26 heavy (non-hydrogen) atoms. The zero-order valence-electron chi connectivity index (χ0n) is 15.2. The van der Waals surface area contributed by atoms with Crippen LogP contribution in [0.15, 0.2) is 24.3 Å². The number of aryl methyl sites for hydroxylation is 1. The summed E-state index contributed by atoms with van der Waals surface area (Å²) < 4.78 is 15.5. The van der Waals surface area contributed by atoms with Crippen molar-refractivity contribution in [3.8, 4) is 0 Å². The van der Waals surface area contributed by atoms with Crippen molar-refractivity contribution in [3.63, 3.8) is 0 Å². The molecule has 1 unspecified atom stereocenters. The van der Waals surface area contributed by atoms with Crippen LogP contribution in [-0.2, 0) is 26.4 Å². The van der Waals surface area contributed by atoms with Crippen molar-refractivity contribution < 1.29 is 14.3 Å². The molecule has 1 aromatic heterocycles. The van der Waals surface area contributed by atoms with Crippen LogP contribution in [0.5, 0.6) is 0 Å². The Morgan fingerprint density at radius 3 is 2.96 bits per heavy atom. The summed E-state index contributed by atoms with van der Waals surface area (Å²) in [4.78, 5) is 14.8. The van der Waals surface area contributed by atoms with Crippen LogP contribution in [-0.4, -0.2) is 51.9 Å². The number of aliphatic hydroxyl groups is 1. The summed E-state index contributed by atoms with van der Waals surface area (Å²) in [6.45, 7) is 0.850. The lowest BCUT2D eigenvalue weighted by molar-refractivity contribution is 0.0943. The number of amides is 1. The average Bonchev–Trinajstić information content (AvgIpc) is 2.97. The molecule has 0 aliphatic heterocycles. The molecule has 0 saturated carbocycles. The number of aromatic nitrogens is 2. The third-order valence-electron chi connectivity index (χ3n) is 5.12. The van der Waals surface area contributed by atoms with Crippen molar-refractivity contribution in [2.75, 3.05) is 20.2 Å². The zero-order valence-corrected chi connectivity index (χ0v) is 15.2. The van der Waals surface area contributed by atoms with E-state index in [9.17, 15) is 9.18 Å². The summed E-state index contributed by atoms with van der Waals surface area (Å²) in [6, 6.07) is 6.68. The SMILES string of the molecule is CN(CCO)C1CCc2c(c(C(=O)NCc3ccccc3F)nn2C)C1. The first-order valence-corrected chi connectivity index (χ1v) is 8.88. The van der Waals surface area contributed by atoms with Crippen LogP contribution >= 0.6 is 0 Å². The molecule has 0 radical (unpaired) electrons. The van der Waals surface area contributed by atoms with Gasteiger partial charge >= 0.3 is 0 Å². The lowest BCUT2D eigenvalue weighted by Gasteiger charge is -2.31. The van der Waals surface area contributed by atoms with Crippen LogP contribution in [0.4, 0.5) is 4.39 Å². The second-order valence-corrected chi connectivity index (χ2v) is 6.77. The van der Waals surface area contributed by atoms with E-state index in [1.165, 1.54) is 6.07 Å². The van der Waals surface area contributed by atoms with Gasteiger partial charge in [0.1, 0.15) is 5.82 Å². The van der Waals surface area contributed by atoms with Gasteiger partial charge < -0.3 is 15.3 Å². The summed E-state index contributed by atoms with van der Waals surface area (Å²) in [6.07, 6.45) is 2.54. The molecule has 0 saturated heterocycles. The van der Waals surface area contributed by atoms with Crippen molar-refractivity contribution in [3.05, 3.63) is 52.6 Å². The smallest absolute Gasteiger partial charge is 0.272 e. The van der Waals surface area contributed by atoms with Gasteiger partial charge in [-0.2, -0.15) is 5.10 Å². The Kier molecular flexibility index (Phi) is 5.68. The Labute approximate surface area is 152 Å². The molecule has 1 atom stereocenters. The van der Waals surface area contributed by atoms with Crippen LogP contribution < -0.4 is 5.32 Å². The molecule has 140 valence electrons. The maximum absolute atomic E-state index is 13.7.